The molecule has 2 bridgehead atoms. The van der Waals surface area contributed by atoms with Crippen LogP contribution in [0.4, 0.5) is 14.9 Å². The zero-order chi connectivity index (χ0) is 24.4. The van der Waals surface area contributed by atoms with Crippen LogP contribution in [0.2, 0.25) is 0 Å². The van der Waals surface area contributed by atoms with Gasteiger partial charge in [-0.3, -0.25) is 4.31 Å². The fourth-order valence-corrected chi connectivity index (χ4v) is 8.19. The van der Waals surface area contributed by atoms with Gasteiger partial charge in [-0.1, -0.05) is 0 Å². The fourth-order valence-electron chi connectivity index (χ4n) is 7.19. The van der Waals surface area contributed by atoms with Gasteiger partial charge in [-0.2, -0.15) is 0 Å². The van der Waals surface area contributed by atoms with Crippen molar-refractivity contribution in [1.82, 2.24) is 9.80 Å². The van der Waals surface area contributed by atoms with Crippen molar-refractivity contribution in [3.8, 4) is 0 Å². The molecule has 10 heteroatoms. The monoisotopic (exact) mass is 509 g/mol. The topological polar surface area (TPSA) is 79.4 Å². The van der Waals surface area contributed by atoms with Gasteiger partial charge in [0.05, 0.1) is 25.2 Å². The highest BCUT2D eigenvalue weighted by Gasteiger charge is 2.50. The van der Waals surface area contributed by atoms with E-state index in [9.17, 15) is 17.6 Å². The lowest BCUT2D eigenvalue weighted by Gasteiger charge is -2.47. The Balaban J connectivity index is 0.00000267. The summed E-state index contributed by atoms with van der Waals surface area (Å²) >= 11 is 0. The number of hydrogen-bond donors (Lipinski definition) is 0. The summed E-state index contributed by atoms with van der Waals surface area (Å²) in [6, 6.07) is 5.33. The van der Waals surface area contributed by atoms with Crippen LogP contribution < -0.4 is 4.31 Å². The Morgan fingerprint density at radius 3 is 2.49 bits per heavy atom. The standard InChI is InChI=1S/C25H34FN3O5S.H2/c1-35(31,32)28-16-25(22-12-17(26)2-5-23(22)28)7-9-27(10-8-25)20-13-18-3-4-19(14-20)29(18)24(30)34-21-6-11-33-15-21;/h2,5,12,18-21H,3-4,6-11,13-16H2,1H3;1H/t18?,19?,20?,21-;/m0./s1. The number of likely N-dealkylation sites (tertiary alicyclic amines) is 1. The van der Waals surface area contributed by atoms with Crippen LogP contribution in [-0.2, 0) is 24.9 Å². The average Bonchev–Trinajstić information content (AvgIpc) is 3.50. The van der Waals surface area contributed by atoms with E-state index in [0.29, 0.717) is 31.5 Å². The van der Waals surface area contributed by atoms with Crippen LogP contribution in [0, 0.1) is 5.82 Å². The van der Waals surface area contributed by atoms with Crippen LogP contribution in [0.25, 0.3) is 0 Å². The summed E-state index contributed by atoms with van der Waals surface area (Å²) < 4.78 is 51.6. The molecular formula is C25H36FN3O5S. The maximum Gasteiger partial charge on any atom is 0.410 e. The second kappa shape index (κ2) is 8.59. The smallest absolute Gasteiger partial charge is 0.410 e. The number of amides is 1. The van der Waals surface area contributed by atoms with E-state index in [4.69, 9.17) is 9.47 Å². The van der Waals surface area contributed by atoms with E-state index in [1.54, 1.807) is 6.07 Å². The first-order valence-electron chi connectivity index (χ1n) is 12.8. The summed E-state index contributed by atoms with van der Waals surface area (Å²) in [5.74, 6) is -0.319. The Kier molecular flexibility index (Phi) is 5.76. The fraction of sp³-hybridized carbons (Fsp3) is 0.720. The van der Waals surface area contributed by atoms with Gasteiger partial charge in [0, 0.05) is 37.9 Å². The van der Waals surface area contributed by atoms with Crippen molar-refractivity contribution in [3.63, 3.8) is 0 Å². The van der Waals surface area contributed by atoms with E-state index in [2.05, 4.69) is 4.90 Å². The normalized spacial score (nSPS) is 32.3. The molecule has 8 nitrogen and oxygen atoms in total. The second-order valence-corrected chi connectivity index (χ2v) is 12.9. The summed E-state index contributed by atoms with van der Waals surface area (Å²) in [6.07, 6.45) is 7.22. The molecule has 4 saturated heterocycles. The molecule has 2 unspecified atom stereocenters. The van der Waals surface area contributed by atoms with E-state index in [-0.39, 0.29) is 36.9 Å². The number of anilines is 1. The van der Waals surface area contributed by atoms with Gasteiger partial charge < -0.3 is 19.3 Å². The molecule has 5 aliphatic heterocycles. The zero-order valence-electron chi connectivity index (χ0n) is 20.2. The van der Waals surface area contributed by atoms with E-state index in [1.165, 1.54) is 22.7 Å². The number of hydrogen-bond acceptors (Lipinski definition) is 6. The number of carbonyl (C=O) groups is 1. The quantitative estimate of drug-likeness (QED) is 0.623. The largest absolute Gasteiger partial charge is 0.444 e. The molecule has 5 aliphatic rings. The Labute approximate surface area is 207 Å². The number of halogens is 1. The molecular weight excluding hydrogens is 473 g/mol. The van der Waals surface area contributed by atoms with Gasteiger partial charge in [0.2, 0.25) is 10.0 Å². The van der Waals surface area contributed by atoms with Gasteiger partial charge in [-0.05, 0) is 75.4 Å². The molecule has 0 aliphatic carbocycles. The SMILES string of the molecule is CS(=O)(=O)N1CC2(CCN(C3CC4CCC(C3)N4C(=O)O[C@H]3CCOC3)CC2)c2cc(F)ccc21.[HH]. The predicted molar refractivity (Wildman–Crippen MR) is 131 cm³/mol. The number of carbonyl (C=O) groups excluding carboxylic acids is 1. The molecule has 0 aromatic heterocycles. The lowest BCUT2D eigenvalue weighted by Crippen LogP contribution is -2.56. The number of sulfonamides is 1. The maximum atomic E-state index is 14.2. The minimum atomic E-state index is -3.43. The Bertz CT molecular complexity index is 1090. The van der Waals surface area contributed by atoms with Crippen molar-refractivity contribution in [2.75, 3.05) is 43.4 Å². The van der Waals surface area contributed by atoms with Crippen LogP contribution in [0.5, 0.6) is 0 Å². The van der Waals surface area contributed by atoms with E-state index < -0.39 is 10.0 Å². The lowest BCUT2D eigenvalue weighted by molar-refractivity contribution is 0.00981. The van der Waals surface area contributed by atoms with Gasteiger partial charge >= 0.3 is 6.09 Å². The molecule has 3 atom stereocenters. The Hall–Kier alpha value is -1.91. The average molecular weight is 510 g/mol. The third-order valence-electron chi connectivity index (χ3n) is 8.99. The highest BCUT2D eigenvalue weighted by Crippen LogP contribution is 2.49. The van der Waals surface area contributed by atoms with E-state index in [0.717, 1.165) is 63.6 Å². The molecule has 1 spiro atoms. The number of piperidine rings is 2. The number of rotatable bonds is 3. The number of nitrogens with zero attached hydrogens (tertiary/aromatic N) is 3. The molecule has 0 N–H and O–H groups in total. The molecule has 1 amide bonds. The highest BCUT2D eigenvalue weighted by atomic mass is 32.2. The van der Waals surface area contributed by atoms with Gasteiger partial charge in [-0.15, -0.1) is 0 Å². The van der Waals surface area contributed by atoms with Crippen molar-refractivity contribution in [1.29, 1.82) is 0 Å². The molecule has 1 aromatic carbocycles. The second-order valence-electron chi connectivity index (χ2n) is 11.0. The van der Waals surface area contributed by atoms with E-state index in [1.807, 2.05) is 4.90 Å². The van der Waals surface area contributed by atoms with Crippen LogP contribution in [0.15, 0.2) is 18.2 Å². The summed E-state index contributed by atoms with van der Waals surface area (Å²) in [5.41, 5.74) is 1.11. The first-order chi connectivity index (χ1) is 16.7. The first-order valence-corrected chi connectivity index (χ1v) is 14.7. The zero-order valence-corrected chi connectivity index (χ0v) is 21.0. The van der Waals surface area contributed by atoms with Crippen molar-refractivity contribution >= 4 is 21.8 Å². The van der Waals surface area contributed by atoms with Crippen LogP contribution in [0.3, 0.4) is 0 Å². The molecule has 6 rings (SSSR count). The first kappa shape index (κ1) is 23.5. The van der Waals surface area contributed by atoms with Gasteiger partial charge in [0.15, 0.2) is 0 Å². The summed E-state index contributed by atoms with van der Waals surface area (Å²) in [6.45, 7) is 3.24. The predicted octanol–water partition coefficient (Wildman–Crippen LogP) is 3.11. The lowest BCUT2D eigenvalue weighted by atomic mass is 9.73. The minimum Gasteiger partial charge on any atom is -0.444 e. The number of fused-ring (bicyclic) bond motifs is 4. The van der Waals surface area contributed by atoms with Crippen LogP contribution in [-0.4, -0.2) is 87.6 Å². The molecule has 194 valence electrons. The number of ether oxygens (including phenoxy) is 2. The van der Waals surface area contributed by atoms with Gasteiger partial charge in [-0.25, -0.2) is 17.6 Å². The summed E-state index contributed by atoms with van der Waals surface area (Å²) in [4.78, 5) is 17.4. The molecule has 1 aromatic rings. The van der Waals surface area contributed by atoms with Crippen molar-refractivity contribution in [2.24, 2.45) is 0 Å². The molecule has 0 saturated carbocycles. The Morgan fingerprint density at radius 2 is 1.86 bits per heavy atom. The van der Waals surface area contributed by atoms with E-state index >= 15 is 0 Å². The molecule has 5 heterocycles. The molecule has 0 radical (unpaired) electrons. The van der Waals surface area contributed by atoms with Crippen LogP contribution in [0.1, 0.15) is 51.9 Å². The summed E-state index contributed by atoms with van der Waals surface area (Å²) in [7, 11) is -3.43. The Morgan fingerprint density at radius 1 is 1.14 bits per heavy atom. The van der Waals surface area contributed by atoms with Crippen molar-refractivity contribution in [3.05, 3.63) is 29.6 Å². The van der Waals surface area contributed by atoms with Crippen molar-refractivity contribution < 1.29 is 28.5 Å². The molecule has 35 heavy (non-hydrogen) atoms. The summed E-state index contributed by atoms with van der Waals surface area (Å²) in [5, 5.41) is 0. The van der Waals surface area contributed by atoms with Crippen molar-refractivity contribution in [2.45, 2.75) is 74.6 Å². The highest BCUT2D eigenvalue weighted by molar-refractivity contribution is 7.92. The van der Waals surface area contributed by atoms with Gasteiger partial charge in [0.1, 0.15) is 11.9 Å². The van der Waals surface area contributed by atoms with Crippen LogP contribution >= 0.6 is 0 Å². The molecule has 4 fully saturated rings. The third-order valence-corrected chi connectivity index (χ3v) is 10.1. The minimum absolute atomic E-state index is 0. The number of benzene rings is 1. The maximum absolute atomic E-state index is 14.2. The van der Waals surface area contributed by atoms with Gasteiger partial charge in [0.25, 0.3) is 0 Å². The third kappa shape index (κ3) is 4.11.